The molecule has 1 rings (SSSR count). The lowest BCUT2D eigenvalue weighted by Gasteiger charge is -2.14. The van der Waals surface area contributed by atoms with Crippen molar-refractivity contribution in [3.8, 4) is 0 Å². The molecule has 0 bridgehead atoms. The summed E-state index contributed by atoms with van der Waals surface area (Å²) in [5.41, 5.74) is 1.26. The zero-order valence-corrected chi connectivity index (χ0v) is 6.85. The van der Waals surface area contributed by atoms with Crippen molar-refractivity contribution in [2.24, 2.45) is 11.8 Å². The molecule has 0 aromatic heterocycles. The van der Waals surface area contributed by atoms with Crippen LogP contribution in [0, 0.1) is 11.8 Å². The van der Waals surface area contributed by atoms with Gasteiger partial charge >= 0.3 is 0 Å². The molecule has 1 heteroatoms. The predicted molar refractivity (Wildman–Crippen MR) is 41.7 cm³/mol. The second kappa shape index (κ2) is 2.57. The Morgan fingerprint density at radius 2 is 2.20 bits per heavy atom. The van der Waals surface area contributed by atoms with Crippen LogP contribution in [0.1, 0.15) is 27.2 Å². The molecule has 0 spiro atoms. The van der Waals surface area contributed by atoms with Gasteiger partial charge in [0.15, 0.2) is 5.78 Å². The molecule has 10 heavy (non-hydrogen) atoms. The first-order valence-electron chi connectivity index (χ1n) is 3.82. The van der Waals surface area contributed by atoms with Crippen molar-refractivity contribution in [2.75, 3.05) is 0 Å². The third kappa shape index (κ3) is 1.28. The van der Waals surface area contributed by atoms with E-state index in [0.717, 1.165) is 6.42 Å². The number of ketones is 1. The van der Waals surface area contributed by atoms with Crippen molar-refractivity contribution in [2.45, 2.75) is 27.2 Å². The topological polar surface area (TPSA) is 17.1 Å². The van der Waals surface area contributed by atoms with Gasteiger partial charge < -0.3 is 0 Å². The lowest BCUT2D eigenvalue weighted by atomic mass is 9.90. The maximum atomic E-state index is 10.9. The fourth-order valence-corrected chi connectivity index (χ4v) is 1.56. The Morgan fingerprint density at radius 1 is 1.60 bits per heavy atom. The van der Waals surface area contributed by atoms with Gasteiger partial charge in [0, 0.05) is 6.42 Å². The molecule has 0 saturated carbocycles. The molecule has 1 aliphatic carbocycles. The SMILES string of the molecule is CC1=CC(=O)C[C@H]1C(C)C. The van der Waals surface area contributed by atoms with Crippen molar-refractivity contribution in [1.82, 2.24) is 0 Å². The van der Waals surface area contributed by atoms with E-state index in [-0.39, 0.29) is 0 Å². The van der Waals surface area contributed by atoms with Gasteiger partial charge in [-0.15, -0.1) is 0 Å². The Labute approximate surface area is 62.1 Å². The average Bonchev–Trinajstić information content (AvgIpc) is 2.10. The molecule has 0 aliphatic heterocycles. The van der Waals surface area contributed by atoms with E-state index >= 15 is 0 Å². The van der Waals surface area contributed by atoms with Gasteiger partial charge in [-0.2, -0.15) is 0 Å². The molecular weight excluding hydrogens is 124 g/mol. The summed E-state index contributed by atoms with van der Waals surface area (Å²) in [6.07, 6.45) is 2.52. The minimum absolute atomic E-state index is 0.302. The molecule has 0 heterocycles. The van der Waals surface area contributed by atoms with Crippen LogP contribution in [0.25, 0.3) is 0 Å². The summed E-state index contributed by atoms with van der Waals surface area (Å²) < 4.78 is 0. The quantitative estimate of drug-likeness (QED) is 0.542. The van der Waals surface area contributed by atoms with Gasteiger partial charge in [-0.1, -0.05) is 19.4 Å². The van der Waals surface area contributed by atoms with Crippen LogP contribution in [0.5, 0.6) is 0 Å². The number of allylic oxidation sites excluding steroid dienone is 2. The fourth-order valence-electron chi connectivity index (χ4n) is 1.56. The maximum Gasteiger partial charge on any atom is 0.156 e. The molecule has 56 valence electrons. The number of hydrogen-bond acceptors (Lipinski definition) is 1. The third-order valence-electron chi connectivity index (χ3n) is 2.20. The summed E-state index contributed by atoms with van der Waals surface area (Å²) in [6, 6.07) is 0. The minimum Gasteiger partial charge on any atom is -0.295 e. The highest BCUT2D eigenvalue weighted by Crippen LogP contribution is 2.29. The molecule has 0 radical (unpaired) electrons. The molecule has 0 aromatic carbocycles. The number of rotatable bonds is 1. The van der Waals surface area contributed by atoms with E-state index in [1.807, 2.05) is 0 Å². The molecule has 1 nitrogen and oxygen atoms in total. The van der Waals surface area contributed by atoms with Crippen molar-refractivity contribution in [1.29, 1.82) is 0 Å². The molecule has 0 aromatic rings. The maximum absolute atomic E-state index is 10.9. The highest BCUT2D eigenvalue weighted by Gasteiger charge is 2.23. The lowest BCUT2D eigenvalue weighted by molar-refractivity contribution is -0.114. The Bertz CT molecular complexity index is 177. The van der Waals surface area contributed by atoms with Gasteiger partial charge in [-0.05, 0) is 24.8 Å². The molecular formula is C9H14O. The van der Waals surface area contributed by atoms with Crippen molar-refractivity contribution in [3.63, 3.8) is 0 Å². The van der Waals surface area contributed by atoms with E-state index in [1.165, 1.54) is 5.57 Å². The summed E-state index contributed by atoms with van der Waals surface area (Å²) in [6.45, 7) is 6.39. The summed E-state index contributed by atoms with van der Waals surface area (Å²) in [5.74, 6) is 1.44. The van der Waals surface area contributed by atoms with E-state index in [1.54, 1.807) is 6.08 Å². The smallest absolute Gasteiger partial charge is 0.156 e. The van der Waals surface area contributed by atoms with Gasteiger partial charge in [-0.25, -0.2) is 0 Å². The van der Waals surface area contributed by atoms with Gasteiger partial charge in [0.2, 0.25) is 0 Å². The molecule has 1 aliphatic rings. The van der Waals surface area contributed by atoms with Gasteiger partial charge in [0.1, 0.15) is 0 Å². The van der Waals surface area contributed by atoms with Crippen molar-refractivity contribution >= 4 is 5.78 Å². The van der Waals surface area contributed by atoms with Gasteiger partial charge in [0.25, 0.3) is 0 Å². The first-order valence-corrected chi connectivity index (χ1v) is 3.82. The van der Waals surface area contributed by atoms with Gasteiger partial charge in [-0.3, -0.25) is 4.79 Å². The van der Waals surface area contributed by atoms with E-state index in [4.69, 9.17) is 0 Å². The summed E-state index contributed by atoms with van der Waals surface area (Å²) >= 11 is 0. The van der Waals surface area contributed by atoms with Crippen LogP contribution in [0.4, 0.5) is 0 Å². The van der Waals surface area contributed by atoms with Crippen LogP contribution >= 0.6 is 0 Å². The van der Waals surface area contributed by atoms with Crippen molar-refractivity contribution < 1.29 is 4.79 Å². The second-order valence-electron chi connectivity index (χ2n) is 3.41. The van der Waals surface area contributed by atoms with E-state index in [0.29, 0.717) is 17.6 Å². The molecule has 1 atom stereocenters. The third-order valence-corrected chi connectivity index (χ3v) is 2.20. The first kappa shape index (κ1) is 7.52. The zero-order valence-electron chi connectivity index (χ0n) is 6.85. The summed E-state index contributed by atoms with van der Waals surface area (Å²) in [5, 5.41) is 0. The van der Waals surface area contributed by atoms with Crippen LogP contribution in [0.3, 0.4) is 0 Å². The second-order valence-corrected chi connectivity index (χ2v) is 3.41. The molecule has 0 N–H and O–H groups in total. The number of carbonyl (C=O) groups excluding carboxylic acids is 1. The fraction of sp³-hybridized carbons (Fsp3) is 0.667. The van der Waals surface area contributed by atoms with Crippen LogP contribution in [0.15, 0.2) is 11.6 Å². The first-order chi connectivity index (χ1) is 4.61. The van der Waals surface area contributed by atoms with E-state index < -0.39 is 0 Å². The van der Waals surface area contributed by atoms with Crippen molar-refractivity contribution in [3.05, 3.63) is 11.6 Å². The summed E-state index contributed by atoms with van der Waals surface area (Å²) in [4.78, 5) is 10.9. The Morgan fingerprint density at radius 3 is 2.40 bits per heavy atom. The Kier molecular flexibility index (Phi) is 1.93. The Balaban J connectivity index is 2.68. The highest BCUT2D eigenvalue weighted by molar-refractivity contribution is 5.93. The molecule has 0 unspecified atom stereocenters. The number of carbonyl (C=O) groups is 1. The normalized spacial score (nSPS) is 25.8. The van der Waals surface area contributed by atoms with Gasteiger partial charge in [0.05, 0.1) is 0 Å². The molecule has 0 amide bonds. The van der Waals surface area contributed by atoms with Crippen LogP contribution in [0.2, 0.25) is 0 Å². The molecule has 0 fully saturated rings. The average molecular weight is 138 g/mol. The zero-order chi connectivity index (χ0) is 7.72. The van der Waals surface area contributed by atoms with Crippen LogP contribution < -0.4 is 0 Å². The van der Waals surface area contributed by atoms with Crippen LogP contribution in [-0.4, -0.2) is 5.78 Å². The highest BCUT2D eigenvalue weighted by atomic mass is 16.1. The monoisotopic (exact) mass is 138 g/mol. The number of hydrogen-bond donors (Lipinski definition) is 0. The van der Waals surface area contributed by atoms with E-state index in [9.17, 15) is 4.79 Å². The van der Waals surface area contributed by atoms with E-state index in [2.05, 4.69) is 20.8 Å². The predicted octanol–water partition coefficient (Wildman–Crippen LogP) is 2.18. The Hall–Kier alpha value is -0.590. The molecule has 0 saturated heterocycles. The summed E-state index contributed by atoms with van der Waals surface area (Å²) in [7, 11) is 0. The lowest BCUT2D eigenvalue weighted by Crippen LogP contribution is -2.07. The minimum atomic E-state index is 0.302. The standard InChI is InChI=1S/C9H14O/c1-6(2)9-5-8(10)4-7(9)3/h4,6,9H,5H2,1-3H3/t9-/m0/s1. The largest absolute Gasteiger partial charge is 0.295 e. The van der Waals surface area contributed by atoms with Crippen LogP contribution in [-0.2, 0) is 4.79 Å².